The van der Waals surface area contributed by atoms with Crippen LogP contribution in [0.3, 0.4) is 0 Å². The van der Waals surface area contributed by atoms with Gasteiger partial charge < -0.3 is 14.3 Å². The van der Waals surface area contributed by atoms with Crippen molar-refractivity contribution in [1.29, 1.82) is 0 Å². The fourth-order valence-corrected chi connectivity index (χ4v) is 4.84. The molecular weight excluding hydrogens is 444 g/mol. The third-order valence-corrected chi connectivity index (χ3v) is 6.72. The van der Waals surface area contributed by atoms with Crippen LogP contribution in [0.5, 0.6) is 0 Å². The lowest BCUT2D eigenvalue weighted by molar-refractivity contribution is 0.0948. The number of hydrogen-bond donors (Lipinski definition) is 1. The van der Waals surface area contributed by atoms with Crippen molar-refractivity contribution in [1.82, 2.24) is 19.9 Å². The average Bonchev–Trinajstić information content (AvgIpc) is 3.51. The molecule has 3 heterocycles. The van der Waals surface area contributed by atoms with Crippen LogP contribution in [-0.4, -0.2) is 20.4 Å². The zero-order chi connectivity index (χ0) is 23.3. The summed E-state index contributed by atoms with van der Waals surface area (Å²) in [5.74, 6) is 1.44. The summed E-state index contributed by atoms with van der Waals surface area (Å²) >= 11 is 1.72. The lowest BCUT2D eigenvalue weighted by Gasteiger charge is -2.11. The average molecular weight is 469 g/mol. The molecule has 0 unspecified atom stereocenters. The van der Waals surface area contributed by atoms with Crippen molar-refractivity contribution in [3.8, 4) is 0 Å². The highest BCUT2D eigenvalue weighted by molar-refractivity contribution is 7.98. The van der Waals surface area contributed by atoms with Gasteiger partial charge in [0.1, 0.15) is 5.76 Å². The summed E-state index contributed by atoms with van der Waals surface area (Å²) in [4.78, 5) is 21.6. The van der Waals surface area contributed by atoms with Gasteiger partial charge in [0, 0.05) is 17.5 Å². The van der Waals surface area contributed by atoms with Crippen molar-refractivity contribution < 1.29 is 9.21 Å². The van der Waals surface area contributed by atoms with Crippen molar-refractivity contribution in [3.05, 3.63) is 113 Å². The molecule has 170 valence electrons. The lowest BCUT2D eigenvalue weighted by atomic mass is 10.1. The third-order valence-electron chi connectivity index (χ3n) is 5.69. The molecule has 5 aromatic rings. The van der Waals surface area contributed by atoms with E-state index in [9.17, 15) is 4.79 Å². The largest absolute Gasteiger partial charge is 0.467 e. The Labute approximate surface area is 202 Å². The highest BCUT2D eigenvalue weighted by Gasteiger charge is 2.13. The van der Waals surface area contributed by atoms with Crippen LogP contribution in [-0.2, 0) is 18.8 Å². The fourth-order valence-electron chi connectivity index (χ4n) is 3.75. The number of furan rings is 1. The number of hydrogen-bond acceptors (Lipinski definition) is 5. The van der Waals surface area contributed by atoms with Gasteiger partial charge in [0.15, 0.2) is 5.16 Å². The molecule has 0 spiro atoms. The highest BCUT2D eigenvalue weighted by atomic mass is 32.2. The molecule has 0 bridgehead atoms. The van der Waals surface area contributed by atoms with E-state index in [1.165, 1.54) is 11.1 Å². The summed E-state index contributed by atoms with van der Waals surface area (Å²) in [6.45, 7) is 3.14. The van der Waals surface area contributed by atoms with Crippen molar-refractivity contribution in [2.45, 2.75) is 30.9 Å². The predicted molar refractivity (Wildman–Crippen MR) is 134 cm³/mol. The summed E-state index contributed by atoms with van der Waals surface area (Å²) in [6.07, 6.45) is 5.22. The van der Waals surface area contributed by atoms with E-state index >= 15 is 0 Å². The first kappa shape index (κ1) is 22.0. The number of nitrogens with zero attached hydrogens (tertiary/aromatic N) is 3. The monoisotopic (exact) mass is 468 g/mol. The van der Waals surface area contributed by atoms with Gasteiger partial charge in [-0.1, -0.05) is 48.2 Å². The summed E-state index contributed by atoms with van der Waals surface area (Å²) in [6, 6.07) is 21.7. The van der Waals surface area contributed by atoms with Crippen molar-refractivity contribution >= 4 is 28.7 Å². The molecule has 0 radical (unpaired) electrons. The van der Waals surface area contributed by atoms with Gasteiger partial charge >= 0.3 is 0 Å². The smallest absolute Gasteiger partial charge is 0.251 e. The Morgan fingerprint density at radius 1 is 1.06 bits per heavy atom. The third kappa shape index (κ3) is 4.89. The molecule has 7 heteroatoms. The van der Waals surface area contributed by atoms with E-state index in [-0.39, 0.29) is 5.91 Å². The topological polar surface area (TPSA) is 73.0 Å². The van der Waals surface area contributed by atoms with E-state index in [0.29, 0.717) is 18.7 Å². The maximum atomic E-state index is 12.5. The summed E-state index contributed by atoms with van der Waals surface area (Å²) in [5.41, 5.74) is 6.20. The van der Waals surface area contributed by atoms with Crippen LogP contribution >= 0.6 is 11.8 Å². The normalized spacial score (nSPS) is 11.1. The number of aromatic nitrogens is 3. The van der Waals surface area contributed by atoms with Gasteiger partial charge in [-0.05, 0) is 53.9 Å². The Kier molecular flexibility index (Phi) is 6.44. The minimum atomic E-state index is -0.130. The Balaban J connectivity index is 1.33. The summed E-state index contributed by atoms with van der Waals surface area (Å²) in [7, 11) is 0. The molecule has 0 saturated carbocycles. The van der Waals surface area contributed by atoms with Gasteiger partial charge in [0.25, 0.3) is 5.91 Å². The number of rotatable bonds is 8. The molecule has 34 heavy (non-hydrogen) atoms. The lowest BCUT2D eigenvalue weighted by Crippen LogP contribution is -2.22. The molecule has 3 aromatic heterocycles. The second-order valence-corrected chi connectivity index (χ2v) is 8.96. The molecule has 0 fully saturated rings. The Hall–Kier alpha value is -3.84. The van der Waals surface area contributed by atoms with Crippen molar-refractivity contribution in [2.24, 2.45) is 0 Å². The quantitative estimate of drug-likeness (QED) is 0.300. The molecule has 1 amide bonds. The first-order valence-corrected chi connectivity index (χ1v) is 12.0. The Morgan fingerprint density at radius 2 is 1.91 bits per heavy atom. The van der Waals surface area contributed by atoms with E-state index < -0.39 is 0 Å². The van der Waals surface area contributed by atoms with Crippen molar-refractivity contribution in [2.75, 3.05) is 0 Å². The number of imidazole rings is 1. The Bertz CT molecular complexity index is 1410. The first-order valence-electron chi connectivity index (χ1n) is 11.0. The number of aryl methyl sites for hydroxylation is 1. The molecule has 0 aliphatic heterocycles. The minimum absolute atomic E-state index is 0.130. The highest BCUT2D eigenvalue weighted by Crippen LogP contribution is 2.28. The van der Waals surface area contributed by atoms with E-state index in [2.05, 4.69) is 46.1 Å². The van der Waals surface area contributed by atoms with Crippen LogP contribution in [0, 0.1) is 6.92 Å². The number of nitrogens with one attached hydrogen (secondary N) is 1. The number of amides is 1. The maximum Gasteiger partial charge on any atom is 0.251 e. The molecule has 0 aliphatic carbocycles. The first-order chi connectivity index (χ1) is 16.7. The van der Waals surface area contributed by atoms with Gasteiger partial charge in [-0.3, -0.25) is 9.78 Å². The van der Waals surface area contributed by atoms with Crippen LogP contribution in [0.2, 0.25) is 0 Å². The van der Waals surface area contributed by atoms with Gasteiger partial charge in [0.05, 0.1) is 36.6 Å². The SMILES string of the molecule is Cc1ccccc1CSc1nc2ccncc2n1Cc1ccc(C(=O)NCc2ccco2)cc1. The van der Waals surface area contributed by atoms with E-state index in [0.717, 1.165) is 33.3 Å². The van der Waals surface area contributed by atoms with Crippen LogP contribution in [0.4, 0.5) is 0 Å². The van der Waals surface area contributed by atoms with Crippen LogP contribution in [0.1, 0.15) is 32.8 Å². The van der Waals surface area contributed by atoms with Crippen LogP contribution in [0.25, 0.3) is 11.0 Å². The minimum Gasteiger partial charge on any atom is -0.467 e. The molecule has 6 nitrogen and oxygen atoms in total. The van der Waals surface area contributed by atoms with E-state index in [1.807, 2.05) is 42.6 Å². The van der Waals surface area contributed by atoms with Gasteiger partial charge in [-0.2, -0.15) is 0 Å². The molecule has 0 aliphatic rings. The Morgan fingerprint density at radius 3 is 2.71 bits per heavy atom. The molecule has 5 rings (SSSR count). The second-order valence-electron chi connectivity index (χ2n) is 8.02. The number of carbonyl (C=O) groups excluding carboxylic acids is 1. The van der Waals surface area contributed by atoms with Crippen LogP contribution in [0.15, 0.2) is 95.0 Å². The number of pyridine rings is 1. The number of thioether (sulfide) groups is 1. The number of carbonyl (C=O) groups is 1. The van der Waals surface area contributed by atoms with Gasteiger partial charge in [-0.25, -0.2) is 4.98 Å². The van der Waals surface area contributed by atoms with Crippen molar-refractivity contribution in [3.63, 3.8) is 0 Å². The van der Waals surface area contributed by atoms with Crippen LogP contribution < -0.4 is 5.32 Å². The number of fused-ring (bicyclic) bond motifs is 1. The summed E-state index contributed by atoms with van der Waals surface area (Å²) < 4.78 is 7.46. The molecular formula is C27H24N4O2S. The molecule has 0 atom stereocenters. The number of benzene rings is 2. The molecule has 1 N–H and O–H groups in total. The fraction of sp³-hybridized carbons (Fsp3) is 0.148. The zero-order valence-electron chi connectivity index (χ0n) is 18.8. The molecule has 2 aromatic carbocycles. The zero-order valence-corrected chi connectivity index (χ0v) is 19.6. The van der Waals surface area contributed by atoms with Gasteiger partial charge in [-0.15, -0.1) is 0 Å². The van der Waals surface area contributed by atoms with Gasteiger partial charge in [0.2, 0.25) is 0 Å². The standard InChI is InChI=1S/C27H24N4O2S/c1-19-5-2-3-6-22(19)18-34-27-30-24-12-13-28-16-25(24)31(27)17-20-8-10-21(11-9-20)26(32)29-15-23-7-4-14-33-23/h2-14,16H,15,17-18H2,1H3,(H,29,32). The second kappa shape index (κ2) is 9.97. The summed E-state index contributed by atoms with van der Waals surface area (Å²) in [5, 5.41) is 3.83. The van der Waals surface area contributed by atoms with E-state index in [1.54, 1.807) is 30.3 Å². The molecule has 0 saturated heterocycles. The van der Waals surface area contributed by atoms with E-state index in [4.69, 9.17) is 9.40 Å². The maximum absolute atomic E-state index is 12.5. The predicted octanol–water partition coefficient (Wildman–Crippen LogP) is 5.60.